The second-order valence-electron chi connectivity index (χ2n) is 10.9. The molecule has 0 saturated carbocycles. The predicted octanol–water partition coefficient (Wildman–Crippen LogP) is 4.49. The predicted molar refractivity (Wildman–Crippen MR) is 140 cm³/mol. The summed E-state index contributed by atoms with van der Waals surface area (Å²) in [5, 5.41) is 6.09. The van der Waals surface area contributed by atoms with Gasteiger partial charge in [0.25, 0.3) is 0 Å². The minimum absolute atomic E-state index is 0.0533. The minimum Gasteiger partial charge on any atom is -0.458 e. The standard InChI is InChI=1S/C28H35N3O6/c1-27(2,3)25(29)31-37-23(32)15-22(24(33)36-28(4,5)6)30-26(34)35-16-21-19-13-9-7-11-17(19)18-12-8-10-14-20(18)21/h7-14,21-22H,15-16H2,1-6H3,(H2,29,31)(H,30,34)/t22-/m0/s1. The van der Waals surface area contributed by atoms with E-state index >= 15 is 0 Å². The molecule has 1 aliphatic carbocycles. The lowest BCUT2D eigenvalue weighted by atomic mass is 9.96. The first-order valence-corrected chi connectivity index (χ1v) is 12.1. The number of esters is 1. The molecule has 1 amide bonds. The Hall–Kier alpha value is -3.88. The van der Waals surface area contributed by atoms with Gasteiger partial charge in [-0.05, 0) is 43.0 Å². The number of nitrogens with two attached hydrogens (primary N) is 1. The summed E-state index contributed by atoms with van der Waals surface area (Å²) in [7, 11) is 0. The van der Waals surface area contributed by atoms with E-state index in [1.165, 1.54) is 0 Å². The normalized spacial score (nSPS) is 14.3. The number of benzene rings is 2. The zero-order chi connectivity index (χ0) is 27.4. The number of oxime groups is 1. The average Bonchev–Trinajstić information content (AvgIpc) is 3.13. The molecular weight excluding hydrogens is 474 g/mol. The SMILES string of the molecule is CC(C)(C)OC(=O)[C@H](CC(=O)O/N=C(\N)C(C)(C)C)NC(=O)OCC1c2ccccc2-c2ccccc21. The van der Waals surface area contributed by atoms with Crippen molar-refractivity contribution in [3.05, 3.63) is 59.7 Å². The fraction of sp³-hybridized carbons (Fsp3) is 0.429. The minimum atomic E-state index is -1.34. The monoisotopic (exact) mass is 509 g/mol. The van der Waals surface area contributed by atoms with Crippen molar-refractivity contribution in [2.24, 2.45) is 16.3 Å². The van der Waals surface area contributed by atoms with Gasteiger partial charge in [-0.1, -0.05) is 74.5 Å². The van der Waals surface area contributed by atoms with E-state index < -0.39 is 41.5 Å². The lowest BCUT2D eigenvalue weighted by Crippen LogP contribution is -2.46. The number of hydrogen-bond acceptors (Lipinski definition) is 7. The summed E-state index contributed by atoms with van der Waals surface area (Å²) in [5.41, 5.74) is 8.76. The van der Waals surface area contributed by atoms with Crippen LogP contribution in [0.3, 0.4) is 0 Å². The Morgan fingerprint density at radius 1 is 0.946 bits per heavy atom. The third-order valence-corrected chi connectivity index (χ3v) is 5.71. The lowest BCUT2D eigenvalue weighted by molar-refractivity contribution is -0.160. The number of rotatable bonds is 7. The summed E-state index contributed by atoms with van der Waals surface area (Å²) in [6.45, 7) is 10.5. The molecule has 0 unspecified atom stereocenters. The van der Waals surface area contributed by atoms with E-state index in [0.717, 1.165) is 22.3 Å². The molecule has 0 fully saturated rings. The van der Waals surface area contributed by atoms with Crippen LogP contribution in [0.15, 0.2) is 53.7 Å². The van der Waals surface area contributed by atoms with Crippen LogP contribution in [0.1, 0.15) is 65.0 Å². The van der Waals surface area contributed by atoms with Crippen molar-refractivity contribution in [1.82, 2.24) is 5.32 Å². The molecule has 1 atom stereocenters. The van der Waals surface area contributed by atoms with Crippen molar-refractivity contribution in [3.8, 4) is 11.1 Å². The van der Waals surface area contributed by atoms with Gasteiger partial charge < -0.3 is 25.4 Å². The van der Waals surface area contributed by atoms with Crippen molar-refractivity contribution in [3.63, 3.8) is 0 Å². The first kappa shape index (κ1) is 27.7. The van der Waals surface area contributed by atoms with Gasteiger partial charge in [-0.2, -0.15) is 0 Å². The van der Waals surface area contributed by atoms with Gasteiger partial charge in [0.05, 0.1) is 6.42 Å². The number of amides is 1. The van der Waals surface area contributed by atoms with Crippen molar-refractivity contribution in [2.75, 3.05) is 6.61 Å². The second kappa shape index (κ2) is 11.0. The van der Waals surface area contributed by atoms with Gasteiger partial charge in [0.2, 0.25) is 0 Å². The molecular formula is C28H35N3O6. The van der Waals surface area contributed by atoms with Gasteiger partial charge in [0.15, 0.2) is 0 Å². The summed E-state index contributed by atoms with van der Waals surface area (Å²) < 4.78 is 10.9. The van der Waals surface area contributed by atoms with E-state index in [1.54, 1.807) is 20.8 Å². The summed E-state index contributed by atoms with van der Waals surface area (Å²) in [6.07, 6.45) is -1.37. The van der Waals surface area contributed by atoms with E-state index in [1.807, 2.05) is 69.3 Å². The summed E-state index contributed by atoms with van der Waals surface area (Å²) >= 11 is 0. The molecule has 2 aromatic carbocycles. The van der Waals surface area contributed by atoms with Gasteiger partial charge in [0, 0.05) is 11.3 Å². The Labute approximate surface area is 217 Å². The van der Waals surface area contributed by atoms with Crippen molar-refractivity contribution in [2.45, 2.75) is 65.5 Å². The third kappa shape index (κ3) is 7.31. The molecule has 9 heteroatoms. The number of carbonyl (C=O) groups excluding carboxylic acids is 3. The molecule has 2 aromatic rings. The van der Waals surface area contributed by atoms with Crippen LogP contribution in [0, 0.1) is 5.41 Å². The molecule has 37 heavy (non-hydrogen) atoms. The topological polar surface area (TPSA) is 129 Å². The molecule has 198 valence electrons. The average molecular weight is 510 g/mol. The van der Waals surface area contributed by atoms with Crippen LogP contribution in [-0.4, -0.2) is 42.1 Å². The van der Waals surface area contributed by atoms with Crippen LogP contribution in [0.2, 0.25) is 0 Å². The van der Waals surface area contributed by atoms with Gasteiger partial charge in [-0.25, -0.2) is 14.4 Å². The Balaban J connectivity index is 1.68. The molecule has 3 rings (SSSR count). The Bertz CT molecular complexity index is 1150. The molecule has 0 spiro atoms. The fourth-order valence-electron chi connectivity index (χ4n) is 3.79. The zero-order valence-electron chi connectivity index (χ0n) is 22.2. The maximum atomic E-state index is 12.8. The number of nitrogens with one attached hydrogen (secondary N) is 1. The molecule has 0 aliphatic heterocycles. The molecule has 0 radical (unpaired) electrons. The maximum Gasteiger partial charge on any atom is 0.407 e. The third-order valence-electron chi connectivity index (χ3n) is 5.71. The fourth-order valence-corrected chi connectivity index (χ4v) is 3.79. The van der Waals surface area contributed by atoms with Gasteiger partial charge in [-0.3, -0.25) is 0 Å². The summed E-state index contributed by atoms with van der Waals surface area (Å²) in [5.74, 6) is -1.70. The summed E-state index contributed by atoms with van der Waals surface area (Å²) in [6, 6.07) is 14.6. The van der Waals surface area contributed by atoms with E-state index in [2.05, 4.69) is 10.5 Å². The number of ether oxygens (including phenoxy) is 2. The first-order chi connectivity index (χ1) is 17.3. The summed E-state index contributed by atoms with van der Waals surface area (Å²) in [4.78, 5) is 42.8. The van der Waals surface area contributed by atoms with Crippen LogP contribution in [0.5, 0.6) is 0 Å². The largest absolute Gasteiger partial charge is 0.458 e. The number of hydrogen-bond donors (Lipinski definition) is 2. The van der Waals surface area contributed by atoms with Crippen LogP contribution in [0.25, 0.3) is 11.1 Å². The van der Waals surface area contributed by atoms with Gasteiger partial charge >= 0.3 is 18.0 Å². The first-order valence-electron chi connectivity index (χ1n) is 12.1. The van der Waals surface area contributed by atoms with E-state index in [9.17, 15) is 14.4 Å². The van der Waals surface area contributed by atoms with Crippen LogP contribution in [0.4, 0.5) is 4.79 Å². The molecule has 0 aromatic heterocycles. The number of amidine groups is 1. The van der Waals surface area contributed by atoms with Crippen molar-refractivity contribution in [1.29, 1.82) is 0 Å². The maximum absolute atomic E-state index is 12.8. The highest BCUT2D eigenvalue weighted by Crippen LogP contribution is 2.44. The highest BCUT2D eigenvalue weighted by atomic mass is 16.7. The second-order valence-corrected chi connectivity index (χ2v) is 10.9. The Morgan fingerprint density at radius 2 is 1.49 bits per heavy atom. The Kier molecular flexibility index (Phi) is 8.25. The number of carbonyl (C=O) groups is 3. The molecule has 1 aliphatic rings. The van der Waals surface area contributed by atoms with E-state index in [0.29, 0.717) is 0 Å². The molecule has 3 N–H and O–H groups in total. The molecule has 0 heterocycles. The smallest absolute Gasteiger partial charge is 0.407 e. The van der Waals surface area contributed by atoms with Crippen molar-refractivity contribution >= 4 is 23.9 Å². The Morgan fingerprint density at radius 3 is 2.00 bits per heavy atom. The molecule has 9 nitrogen and oxygen atoms in total. The zero-order valence-corrected chi connectivity index (χ0v) is 22.2. The van der Waals surface area contributed by atoms with Crippen molar-refractivity contribution < 1.29 is 28.7 Å². The van der Waals surface area contributed by atoms with Gasteiger partial charge in [0.1, 0.15) is 24.1 Å². The van der Waals surface area contributed by atoms with E-state index in [-0.39, 0.29) is 18.4 Å². The van der Waals surface area contributed by atoms with Crippen LogP contribution in [-0.2, 0) is 23.9 Å². The highest BCUT2D eigenvalue weighted by molar-refractivity contribution is 5.88. The van der Waals surface area contributed by atoms with Gasteiger partial charge in [-0.15, -0.1) is 0 Å². The van der Waals surface area contributed by atoms with E-state index in [4.69, 9.17) is 20.0 Å². The number of fused-ring (bicyclic) bond motifs is 3. The number of nitrogens with zero attached hydrogens (tertiary/aromatic N) is 1. The number of alkyl carbamates (subject to hydrolysis) is 1. The quantitative estimate of drug-likeness (QED) is 0.185. The van der Waals surface area contributed by atoms with Crippen LogP contribution < -0.4 is 11.1 Å². The molecule has 0 bridgehead atoms. The lowest BCUT2D eigenvalue weighted by Gasteiger charge is -2.24. The highest BCUT2D eigenvalue weighted by Gasteiger charge is 2.32. The van der Waals surface area contributed by atoms with Crippen LogP contribution >= 0.6 is 0 Å². The molecule has 0 saturated heterocycles.